The zero-order chi connectivity index (χ0) is 28.0. The number of carbonyl (C=O) groups is 3. The van der Waals surface area contributed by atoms with E-state index in [0.29, 0.717) is 31.3 Å². The molecule has 0 amide bonds. The van der Waals surface area contributed by atoms with E-state index in [9.17, 15) is 29.7 Å². The maximum Gasteiger partial charge on any atom is 0.330 e. The Hall–Kier alpha value is -2.11. The van der Waals surface area contributed by atoms with Crippen LogP contribution in [0.1, 0.15) is 65.7 Å². The Morgan fingerprint density at radius 3 is 2.59 bits per heavy atom. The number of Topliss-reactive ketones (excluding diaryl/α,β-unsaturated/α-hetero) is 1. The molecule has 3 unspecified atom stereocenters. The Kier molecular flexibility index (Phi) is 6.04. The van der Waals surface area contributed by atoms with Crippen LogP contribution in [0.5, 0.6) is 0 Å². The molecule has 4 aliphatic heterocycles. The highest BCUT2D eigenvalue weighted by atomic mass is 16.6. The summed E-state index contributed by atoms with van der Waals surface area (Å²) in [6, 6.07) is 0. The third-order valence-corrected chi connectivity index (χ3v) is 11.3. The number of aliphatic hydroxyl groups is 3. The summed E-state index contributed by atoms with van der Waals surface area (Å²) in [4.78, 5) is 38.9. The predicted molar refractivity (Wildman–Crippen MR) is 134 cm³/mol. The van der Waals surface area contributed by atoms with Gasteiger partial charge in [0.15, 0.2) is 11.4 Å². The van der Waals surface area contributed by atoms with Crippen LogP contribution in [0.15, 0.2) is 23.8 Å². The van der Waals surface area contributed by atoms with E-state index in [4.69, 9.17) is 18.9 Å². The smallest absolute Gasteiger partial charge is 0.330 e. The van der Waals surface area contributed by atoms with Gasteiger partial charge in [-0.3, -0.25) is 4.79 Å². The number of esters is 2. The Labute approximate surface area is 227 Å². The quantitative estimate of drug-likeness (QED) is 0.411. The second kappa shape index (κ2) is 8.69. The Balaban J connectivity index is 1.42. The Morgan fingerprint density at radius 2 is 1.85 bits per heavy atom. The van der Waals surface area contributed by atoms with Crippen LogP contribution in [0.3, 0.4) is 0 Å². The first-order chi connectivity index (χ1) is 18.3. The lowest BCUT2D eigenvalue weighted by Crippen LogP contribution is -2.80. The topological polar surface area (TPSA) is 149 Å². The monoisotopic (exact) mass is 546 g/mol. The first-order valence-electron chi connectivity index (χ1n) is 14.0. The molecule has 214 valence electrons. The standard InChI is InChI=1S/C29H38O10/c1-16(30)28-8-5-4-6-21(31)38-19-13-20-29(35)14-18-24(39-20)27(26(19,29)3,10-9-25(18,2)34)15-36-22(32)12-17(23(28)33)7-11-37-28/h4,6,12,18-20,23-24,33-35H,5,7-11,13-15H2,1-3H3/t18-,19+,20+,23+,24?,25-,26?,27+,28+,29?/m0/s1. The van der Waals surface area contributed by atoms with E-state index in [2.05, 4.69) is 0 Å². The van der Waals surface area contributed by atoms with Crippen LogP contribution in [0.25, 0.3) is 0 Å². The van der Waals surface area contributed by atoms with E-state index >= 15 is 0 Å². The van der Waals surface area contributed by atoms with E-state index in [0.717, 1.165) is 0 Å². The average Bonchev–Trinajstić information content (AvgIpc) is 3.02. The molecule has 10 atom stereocenters. The largest absolute Gasteiger partial charge is 0.462 e. The molecule has 7 aliphatic rings. The lowest BCUT2D eigenvalue weighted by molar-refractivity contribution is -0.377. The molecule has 7 rings (SSSR count). The summed E-state index contributed by atoms with van der Waals surface area (Å²) in [5.41, 5.74) is -5.55. The van der Waals surface area contributed by atoms with Crippen molar-refractivity contribution in [2.75, 3.05) is 13.2 Å². The molecule has 3 saturated carbocycles. The van der Waals surface area contributed by atoms with Gasteiger partial charge in [-0.15, -0.1) is 0 Å². The van der Waals surface area contributed by atoms with Crippen LogP contribution in [0.2, 0.25) is 0 Å². The van der Waals surface area contributed by atoms with Crippen LogP contribution in [-0.2, 0) is 33.3 Å². The lowest BCUT2D eigenvalue weighted by Gasteiger charge is -2.71. The fourth-order valence-corrected chi connectivity index (χ4v) is 8.85. The molecule has 10 heteroatoms. The van der Waals surface area contributed by atoms with Crippen molar-refractivity contribution in [1.82, 2.24) is 0 Å². The van der Waals surface area contributed by atoms with E-state index in [1.807, 2.05) is 6.92 Å². The summed E-state index contributed by atoms with van der Waals surface area (Å²) in [5.74, 6) is -2.02. The van der Waals surface area contributed by atoms with Crippen molar-refractivity contribution in [1.29, 1.82) is 0 Å². The minimum absolute atomic E-state index is 0.114. The fraction of sp³-hybridized carbons (Fsp3) is 0.759. The van der Waals surface area contributed by atoms with E-state index < -0.39 is 64.0 Å². The molecule has 8 bridgehead atoms. The van der Waals surface area contributed by atoms with Gasteiger partial charge in [0.05, 0.1) is 24.4 Å². The summed E-state index contributed by atoms with van der Waals surface area (Å²) < 4.78 is 24.1. The molecule has 6 fully saturated rings. The summed E-state index contributed by atoms with van der Waals surface area (Å²) in [7, 11) is 0. The molecule has 4 heterocycles. The third-order valence-electron chi connectivity index (χ3n) is 11.3. The van der Waals surface area contributed by atoms with Crippen molar-refractivity contribution >= 4 is 17.7 Å². The zero-order valence-electron chi connectivity index (χ0n) is 22.7. The van der Waals surface area contributed by atoms with Crippen LogP contribution < -0.4 is 0 Å². The highest BCUT2D eigenvalue weighted by molar-refractivity contribution is 5.88. The van der Waals surface area contributed by atoms with Crippen LogP contribution in [-0.4, -0.2) is 87.5 Å². The molecule has 3 aliphatic carbocycles. The van der Waals surface area contributed by atoms with Crippen molar-refractivity contribution in [2.24, 2.45) is 16.7 Å². The van der Waals surface area contributed by atoms with Crippen molar-refractivity contribution in [3.05, 3.63) is 23.8 Å². The number of ketones is 1. The highest BCUT2D eigenvalue weighted by Gasteiger charge is 2.83. The number of ether oxygens (including phenoxy) is 4. The fourth-order valence-electron chi connectivity index (χ4n) is 8.85. The van der Waals surface area contributed by atoms with Crippen LogP contribution >= 0.6 is 0 Å². The maximum absolute atomic E-state index is 13.2. The molecule has 1 spiro atoms. The maximum atomic E-state index is 13.2. The molecule has 3 saturated heterocycles. The number of cyclic esters (lactones) is 1. The van der Waals surface area contributed by atoms with Crippen LogP contribution in [0, 0.1) is 16.7 Å². The number of aliphatic hydroxyl groups excluding tert-OH is 1. The van der Waals surface area contributed by atoms with E-state index in [-0.39, 0.29) is 44.2 Å². The minimum atomic E-state index is -1.53. The average molecular weight is 547 g/mol. The minimum Gasteiger partial charge on any atom is -0.462 e. The van der Waals surface area contributed by atoms with Gasteiger partial charge < -0.3 is 34.3 Å². The number of hydrogen-bond donors (Lipinski definition) is 3. The van der Waals surface area contributed by atoms with Crippen molar-refractivity contribution in [3.63, 3.8) is 0 Å². The van der Waals surface area contributed by atoms with Gasteiger partial charge in [0.2, 0.25) is 0 Å². The van der Waals surface area contributed by atoms with Gasteiger partial charge in [0.1, 0.15) is 24.4 Å². The number of allylic oxidation sites excluding steroid dienone is 1. The molecular weight excluding hydrogens is 508 g/mol. The molecule has 0 radical (unpaired) electrons. The summed E-state index contributed by atoms with van der Waals surface area (Å²) in [6.07, 6.45) is 3.04. The van der Waals surface area contributed by atoms with E-state index in [1.54, 1.807) is 13.0 Å². The zero-order valence-corrected chi connectivity index (χ0v) is 22.7. The van der Waals surface area contributed by atoms with Gasteiger partial charge in [0, 0.05) is 35.3 Å². The Morgan fingerprint density at radius 1 is 1.08 bits per heavy atom. The van der Waals surface area contributed by atoms with Gasteiger partial charge in [-0.2, -0.15) is 0 Å². The van der Waals surface area contributed by atoms with Gasteiger partial charge >= 0.3 is 11.9 Å². The second-order valence-corrected chi connectivity index (χ2v) is 12.9. The number of rotatable bonds is 1. The van der Waals surface area contributed by atoms with Crippen molar-refractivity contribution in [3.8, 4) is 0 Å². The molecular formula is C29H38O10. The first kappa shape index (κ1) is 27.1. The van der Waals surface area contributed by atoms with Crippen molar-refractivity contribution < 1.29 is 48.7 Å². The normalized spacial score (nSPS) is 51.1. The molecule has 3 N–H and O–H groups in total. The molecule has 10 nitrogen and oxygen atoms in total. The van der Waals surface area contributed by atoms with Crippen LogP contribution in [0.4, 0.5) is 0 Å². The summed E-state index contributed by atoms with van der Waals surface area (Å²) in [6.45, 7) is 5.02. The highest BCUT2D eigenvalue weighted by Crippen LogP contribution is 2.74. The molecule has 0 aromatic carbocycles. The van der Waals surface area contributed by atoms with Gasteiger partial charge in [-0.05, 0) is 57.9 Å². The summed E-state index contributed by atoms with van der Waals surface area (Å²) >= 11 is 0. The number of carbonyl (C=O) groups excluding carboxylic acids is 3. The number of fused-ring (bicyclic) bond motifs is 2. The molecule has 39 heavy (non-hydrogen) atoms. The van der Waals surface area contributed by atoms with Gasteiger partial charge in [-0.1, -0.05) is 13.0 Å². The second-order valence-electron chi connectivity index (χ2n) is 12.9. The van der Waals surface area contributed by atoms with Gasteiger partial charge in [-0.25, -0.2) is 9.59 Å². The number of hydrogen-bond acceptors (Lipinski definition) is 10. The lowest BCUT2D eigenvalue weighted by atomic mass is 9.40. The first-order valence-corrected chi connectivity index (χ1v) is 14.0. The third kappa shape index (κ3) is 3.48. The molecule has 0 aromatic rings. The predicted octanol–water partition coefficient (Wildman–Crippen LogP) is 1.29. The SMILES string of the molecule is CC(=O)[C@@]12CCC=CC(=O)O[C@@H]3C[C@H]4OC5[C@@H]6CC4(O)C3(C)[C@]5(CC[C@]6(C)O)COC(=O)C=C(CCO1)[C@H]2O. The van der Waals surface area contributed by atoms with Crippen molar-refractivity contribution in [2.45, 2.75) is 107 Å². The van der Waals surface area contributed by atoms with E-state index in [1.165, 1.54) is 19.1 Å². The summed E-state index contributed by atoms with van der Waals surface area (Å²) in [5, 5.41) is 34.6. The molecule has 0 aromatic heterocycles. The van der Waals surface area contributed by atoms with Gasteiger partial charge in [0.25, 0.3) is 0 Å². The Bertz CT molecular complexity index is 1160.